The zero-order valence-corrected chi connectivity index (χ0v) is 7.65. The highest BCUT2D eigenvalue weighted by atomic mass is 32.2. The van der Waals surface area contributed by atoms with Crippen LogP contribution in [-0.4, -0.2) is 33.3 Å². The van der Waals surface area contributed by atoms with Crippen molar-refractivity contribution in [1.82, 2.24) is 10.0 Å². The fourth-order valence-electron chi connectivity index (χ4n) is 0.494. The number of rotatable bonds is 5. The molecule has 0 saturated heterocycles. The van der Waals surface area contributed by atoms with Gasteiger partial charge < -0.3 is 11.1 Å². The molecule has 4 N–H and O–H groups in total. The number of amides is 2. The zero-order valence-electron chi connectivity index (χ0n) is 6.83. The van der Waals surface area contributed by atoms with E-state index in [1.807, 2.05) is 0 Å². The van der Waals surface area contributed by atoms with Gasteiger partial charge in [0.15, 0.2) is 0 Å². The van der Waals surface area contributed by atoms with E-state index in [0.29, 0.717) is 0 Å². The van der Waals surface area contributed by atoms with Crippen molar-refractivity contribution in [2.75, 3.05) is 18.8 Å². The minimum absolute atomic E-state index is 0.0313. The van der Waals surface area contributed by atoms with Crippen molar-refractivity contribution in [1.29, 1.82) is 0 Å². The molecule has 0 radical (unpaired) electrons. The first kappa shape index (κ1) is 11.2. The number of carbonyl (C=O) groups is 1. The molecule has 0 aromatic heterocycles. The molecule has 0 aliphatic carbocycles. The highest BCUT2D eigenvalue weighted by Crippen LogP contribution is 1.79. The van der Waals surface area contributed by atoms with Crippen molar-refractivity contribution in [3.05, 3.63) is 0 Å². The molecular weight excluding hydrogens is 182 g/mol. The predicted octanol–water partition coefficient (Wildman–Crippen LogP) is -1.41. The molecule has 0 rings (SSSR count). The van der Waals surface area contributed by atoms with Gasteiger partial charge in [0.25, 0.3) is 0 Å². The van der Waals surface area contributed by atoms with E-state index in [-0.39, 0.29) is 18.8 Å². The third kappa shape index (κ3) is 5.93. The van der Waals surface area contributed by atoms with Crippen molar-refractivity contribution in [2.45, 2.75) is 6.92 Å². The zero-order chi connectivity index (χ0) is 9.61. The average Bonchev–Trinajstić information content (AvgIpc) is 1.98. The van der Waals surface area contributed by atoms with Crippen LogP contribution in [0.2, 0.25) is 0 Å². The van der Waals surface area contributed by atoms with Crippen LogP contribution in [0.1, 0.15) is 6.92 Å². The Morgan fingerprint density at radius 2 is 2.00 bits per heavy atom. The average molecular weight is 195 g/mol. The fourth-order valence-corrected chi connectivity index (χ4v) is 1.11. The predicted molar refractivity (Wildman–Crippen MR) is 45.0 cm³/mol. The van der Waals surface area contributed by atoms with Gasteiger partial charge in [-0.3, -0.25) is 0 Å². The SMILES string of the molecule is CCS(=O)(=O)NCCNC(N)=O. The first-order chi connectivity index (χ1) is 5.48. The van der Waals surface area contributed by atoms with Crippen LogP contribution in [-0.2, 0) is 10.0 Å². The molecule has 0 unspecified atom stereocenters. The number of carbonyl (C=O) groups excluding carboxylic acids is 1. The van der Waals surface area contributed by atoms with Crippen LogP contribution >= 0.6 is 0 Å². The molecule has 0 atom stereocenters. The normalized spacial score (nSPS) is 11.1. The van der Waals surface area contributed by atoms with Crippen molar-refractivity contribution < 1.29 is 13.2 Å². The van der Waals surface area contributed by atoms with Crippen LogP contribution in [0.5, 0.6) is 0 Å². The summed E-state index contributed by atoms with van der Waals surface area (Å²) in [6.07, 6.45) is 0. The summed E-state index contributed by atoms with van der Waals surface area (Å²) in [5.41, 5.74) is 4.75. The fraction of sp³-hybridized carbons (Fsp3) is 0.800. The summed E-state index contributed by atoms with van der Waals surface area (Å²) >= 11 is 0. The van der Waals surface area contributed by atoms with Crippen LogP contribution in [0.25, 0.3) is 0 Å². The van der Waals surface area contributed by atoms with E-state index in [0.717, 1.165) is 0 Å². The summed E-state index contributed by atoms with van der Waals surface area (Å²) in [6.45, 7) is 1.90. The largest absolute Gasteiger partial charge is 0.352 e. The summed E-state index contributed by atoms with van der Waals surface area (Å²) in [5.74, 6) is 0.0313. The van der Waals surface area contributed by atoms with Crippen LogP contribution in [0.3, 0.4) is 0 Å². The lowest BCUT2D eigenvalue weighted by Crippen LogP contribution is -2.37. The summed E-state index contributed by atoms with van der Waals surface area (Å²) in [5, 5.41) is 2.25. The monoisotopic (exact) mass is 195 g/mol. The van der Waals surface area contributed by atoms with Crippen LogP contribution in [0.15, 0.2) is 0 Å². The molecule has 72 valence electrons. The molecule has 0 bridgehead atoms. The molecule has 0 saturated carbocycles. The maximum absolute atomic E-state index is 10.8. The van der Waals surface area contributed by atoms with E-state index < -0.39 is 16.1 Å². The number of hydrogen-bond acceptors (Lipinski definition) is 3. The Morgan fingerprint density at radius 1 is 1.42 bits per heavy atom. The number of nitrogens with two attached hydrogens (primary N) is 1. The Kier molecular flexibility index (Phi) is 4.60. The van der Waals surface area contributed by atoms with Crippen molar-refractivity contribution in [3.63, 3.8) is 0 Å². The number of primary amides is 1. The Bertz CT molecular complexity index is 236. The summed E-state index contributed by atoms with van der Waals surface area (Å²) in [4.78, 5) is 10.1. The molecular formula is C5H13N3O3S. The van der Waals surface area contributed by atoms with E-state index >= 15 is 0 Å². The highest BCUT2D eigenvalue weighted by molar-refractivity contribution is 7.89. The van der Waals surface area contributed by atoms with Gasteiger partial charge in [0.05, 0.1) is 5.75 Å². The Morgan fingerprint density at radius 3 is 2.42 bits per heavy atom. The minimum atomic E-state index is -3.16. The Balaban J connectivity index is 3.51. The number of urea groups is 1. The second kappa shape index (κ2) is 4.94. The van der Waals surface area contributed by atoms with Gasteiger partial charge in [0, 0.05) is 13.1 Å². The highest BCUT2D eigenvalue weighted by Gasteiger charge is 2.03. The summed E-state index contributed by atoms with van der Waals surface area (Å²) in [6, 6.07) is -0.661. The minimum Gasteiger partial charge on any atom is -0.352 e. The molecule has 0 spiro atoms. The number of sulfonamides is 1. The van der Waals surface area contributed by atoms with Crippen molar-refractivity contribution in [3.8, 4) is 0 Å². The quantitative estimate of drug-likeness (QED) is 0.470. The lowest BCUT2D eigenvalue weighted by Gasteiger charge is -2.03. The van der Waals surface area contributed by atoms with E-state index in [9.17, 15) is 13.2 Å². The maximum atomic E-state index is 10.8. The van der Waals surface area contributed by atoms with Gasteiger partial charge in [0.2, 0.25) is 10.0 Å². The molecule has 0 aliphatic rings. The molecule has 2 amide bonds. The van der Waals surface area contributed by atoms with Crippen LogP contribution in [0.4, 0.5) is 4.79 Å². The molecule has 7 heteroatoms. The molecule has 6 nitrogen and oxygen atoms in total. The Labute approximate surface area is 71.6 Å². The van der Waals surface area contributed by atoms with Gasteiger partial charge in [-0.15, -0.1) is 0 Å². The van der Waals surface area contributed by atoms with Gasteiger partial charge in [-0.25, -0.2) is 17.9 Å². The summed E-state index contributed by atoms with van der Waals surface area (Å²) < 4.78 is 23.8. The molecule has 0 fully saturated rings. The molecule has 12 heavy (non-hydrogen) atoms. The first-order valence-corrected chi connectivity index (χ1v) is 5.14. The first-order valence-electron chi connectivity index (χ1n) is 3.48. The number of hydrogen-bond donors (Lipinski definition) is 3. The third-order valence-electron chi connectivity index (χ3n) is 1.13. The molecule has 0 aliphatic heterocycles. The van der Waals surface area contributed by atoms with Crippen LogP contribution in [0, 0.1) is 0 Å². The smallest absolute Gasteiger partial charge is 0.312 e. The third-order valence-corrected chi connectivity index (χ3v) is 2.53. The maximum Gasteiger partial charge on any atom is 0.312 e. The van der Waals surface area contributed by atoms with Gasteiger partial charge >= 0.3 is 6.03 Å². The van der Waals surface area contributed by atoms with E-state index in [1.165, 1.54) is 6.92 Å². The number of nitrogens with one attached hydrogen (secondary N) is 2. The lowest BCUT2D eigenvalue weighted by atomic mass is 10.6. The van der Waals surface area contributed by atoms with Gasteiger partial charge in [-0.05, 0) is 6.92 Å². The van der Waals surface area contributed by atoms with Gasteiger partial charge in [-0.1, -0.05) is 0 Å². The van der Waals surface area contributed by atoms with Gasteiger partial charge in [-0.2, -0.15) is 0 Å². The second-order valence-corrected chi connectivity index (χ2v) is 4.18. The Hall–Kier alpha value is -0.820. The van der Waals surface area contributed by atoms with Gasteiger partial charge in [0.1, 0.15) is 0 Å². The molecule has 0 aromatic carbocycles. The lowest BCUT2D eigenvalue weighted by molar-refractivity contribution is 0.249. The standard InChI is InChI=1S/C5H13N3O3S/c1-2-12(10,11)8-4-3-7-5(6)9/h8H,2-4H2,1H3,(H3,6,7,9). The van der Waals surface area contributed by atoms with Crippen molar-refractivity contribution >= 4 is 16.1 Å². The van der Waals surface area contributed by atoms with E-state index in [1.54, 1.807) is 0 Å². The molecule has 0 heterocycles. The topological polar surface area (TPSA) is 101 Å². The van der Waals surface area contributed by atoms with Crippen LogP contribution < -0.4 is 15.8 Å². The second-order valence-electron chi connectivity index (χ2n) is 2.09. The molecule has 0 aromatic rings. The van der Waals surface area contributed by atoms with E-state index in [2.05, 4.69) is 10.0 Å². The van der Waals surface area contributed by atoms with Crippen molar-refractivity contribution in [2.24, 2.45) is 5.73 Å². The summed E-state index contributed by atoms with van der Waals surface area (Å²) in [7, 11) is -3.16. The van der Waals surface area contributed by atoms with E-state index in [4.69, 9.17) is 5.73 Å².